The van der Waals surface area contributed by atoms with Crippen molar-refractivity contribution in [1.29, 1.82) is 0 Å². The Morgan fingerprint density at radius 2 is 0.639 bits per heavy atom. The first-order chi connectivity index (χ1) is 30.2. The highest BCUT2D eigenvalue weighted by molar-refractivity contribution is 6.25. The fourth-order valence-corrected chi connectivity index (χ4v) is 9.12. The summed E-state index contributed by atoms with van der Waals surface area (Å²) in [7, 11) is 0. The maximum absolute atomic E-state index is 5.03. The van der Waals surface area contributed by atoms with Crippen LogP contribution < -0.4 is 0 Å². The summed E-state index contributed by atoms with van der Waals surface area (Å²) >= 11 is 0. The average molecular weight is 777 g/mol. The summed E-state index contributed by atoms with van der Waals surface area (Å²) in [5.74, 6) is 1.92. The molecule has 0 amide bonds. The topological polar surface area (TPSA) is 43.6 Å². The lowest BCUT2D eigenvalue weighted by Crippen LogP contribution is -2.01. The predicted molar refractivity (Wildman–Crippen MR) is 254 cm³/mol. The third kappa shape index (κ3) is 5.96. The molecule has 0 radical (unpaired) electrons. The van der Waals surface area contributed by atoms with Crippen LogP contribution in [0.4, 0.5) is 0 Å². The van der Waals surface area contributed by atoms with Crippen molar-refractivity contribution < 1.29 is 0 Å². The Balaban J connectivity index is 0.957. The Kier molecular flexibility index (Phi) is 8.13. The molecule has 0 aliphatic rings. The molecule has 284 valence electrons. The molecule has 0 unspecified atom stereocenters. The van der Waals surface area contributed by atoms with E-state index in [1.54, 1.807) is 0 Å². The molecule has 2 aromatic heterocycles. The summed E-state index contributed by atoms with van der Waals surface area (Å²) in [5, 5.41) is 10.1. The van der Waals surface area contributed by atoms with Crippen molar-refractivity contribution in [3.05, 3.63) is 218 Å². The van der Waals surface area contributed by atoms with E-state index in [4.69, 9.17) is 15.0 Å². The van der Waals surface area contributed by atoms with Crippen molar-refractivity contribution in [3.8, 4) is 62.1 Å². The second-order valence-electron chi connectivity index (χ2n) is 15.6. The molecule has 0 aliphatic heterocycles. The maximum Gasteiger partial charge on any atom is 0.164 e. The van der Waals surface area contributed by atoms with Crippen LogP contribution in [0.25, 0.3) is 116 Å². The van der Waals surface area contributed by atoms with Gasteiger partial charge in [-0.3, -0.25) is 0 Å². The second kappa shape index (κ2) is 14.3. The molecule has 4 nitrogen and oxygen atoms in total. The number of hydrogen-bond donors (Lipinski definition) is 0. The zero-order valence-corrected chi connectivity index (χ0v) is 33.1. The molecule has 12 rings (SSSR count). The summed E-state index contributed by atoms with van der Waals surface area (Å²) in [6, 6.07) is 77.8. The van der Waals surface area contributed by atoms with Gasteiger partial charge in [0.05, 0.1) is 11.0 Å². The van der Waals surface area contributed by atoms with Gasteiger partial charge in [0.2, 0.25) is 0 Å². The van der Waals surface area contributed by atoms with Crippen molar-refractivity contribution in [2.24, 2.45) is 0 Å². The first-order valence-electron chi connectivity index (χ1n) is 20.7. The molecule has 0 saturated carbocycles. The van der Waals surface area contributed by atoms with Gasteiger partial charge in [-0.05, 0) is 97.0 Å². The van der Waals surface area contributed by atoms with E-state index in [-0.39, 0.29) is 0 Å². The molecule has 0 spiro atoms. The molecule has 0 saturated heterocycles. The molecule has 10 aromatic carbocycles. The van der Waals surface area contributed by atoms with Gasteiger partial charge < -0.3 is 4.57 Å². The molecular formula is C57H36N4. The van der Waals surface area contributed by atoms with Crippen LogP contribution in [0.2, 0.25) is 0 Å². The Bertz CT molecular complexity index is 3550. The van der Waals surface area contributed by atoms with E-state index in [2.05, 4.69) is 162 Å². The average Bonchev–Trinajstić information content (AvgIpc) is 3.68. The van der Waals surface area contributed by atoms with Crippen molar-refractivity contribution in [3.63, 3.8) is 0 Å². The van der Waals surface area contributed by atoms with Crippen LogP contribution in [0.5, 0.6) is 0 Å². The molecule has 0 atom stereocenters. The van der Waals surface area contributed by atoms with E-state index in [9.17, 15) is 0 Å². The smallest absolute Gasteiger partial charge is 0.164 e. The lowest BCUT2D eigenvalue weighted by atomic mass is 9.91. The van der Waals surface area contributed by atoms with Gasteiger partial charge in [-0.15, -0.1) is 0 Å². The minimum absolute atomic E-state index is 0.630. The molecular weight excluding hydrogens is 741 g/mol. The number of fused-ring (bicyclic) bond motifs is 9. The largest absolute Gasteiger partial charge is 0.309 e. The van der Waals surface area contributed by atoms with Crippen LogP contribution in [0.1, 0.15) is 0 Å². The van der Waals surface area contributed by atoms with Gasteiger partial charge in [0, 0.05) is 33.2 Å². The third-order valence-corrected chi connectivity index (χ3v) is 12.0. The minimum Gasteiger partial charge on any atom is -0.309 e. The van der Waals surface area contributed by atoms with Crippen LogP contribution >= 0.6 is 0 Å². The van der Waals surface area contributed by atoms with Gasteiger partial charge in [-0.25, -0.2) is 15.0 Å². The van der Waals surface area contributed by atoms with Gasteiger partial charge in [-0.2, -0.15) is 0 Å². The molecule has 2 heterocycles. The summed E-state index contributed by atoms with van der Waals surface area (Å²) in [4.78, 5) is 15.0. The van der Waals surface area contributed by atoms with Crippen LogP contribution in [-0.4, -0.2) is 19.5 Å². The Morgan fingerprint density at radius 1 is 0.230 bits per heavy atom. The van der Waals surface area contributed by atoms with Crippen LogP contribution in [0.15, 0.2) is 218 Å². The quantitative estimate of drug-likeness (QED) is 0.158. The summed E-state index contributed by atoms with van der Waals surface area (Å²) < 4.78 is 2.36. The number of benzene rings is 10. The zero-order valence-electron chi connectivity index (χ0n) is 33.1. The summed E-state index contributed by atoms with van der Waals surface area (Å²) in [5.41, 5.74) is 10.9. The first kappa shape index (κ1) is 34.8. The maximum atomic E-state index is 5.03. The number of aromatic nitrogens is 4. The molecule has 0 fully saturated rings. The third-order valence-electron chi connectivity index (χ3n) is 12.0. The van der Waals surface area contributed by atoms with Gasteiger partial charge in [0.1, 0.15) is 0 Å². The highest BCUT2D eigenvalue weighted by Crippen LogP contribution is 2.39. The van der Waals surface area contributed by atoms with E-state index >= 15 is 0 Å². The Labute approximate surface area is 352 Å². The number of para-hydroxylation sites is 1. The molecule has 0 bridgehead atoms. The summed E-state index contributed by atoms with van der Waals surface area (Å²) in [6.45, 7) is 0. The summed E-state index contributed by atoms with van der Waals surface area (Å²) in [6.07, 6.45) is 0. The Hall–Kier alpha value is -8.21. The van der Waals surface area contributed by atoms with Crippen molar-refractivity contribution in [2.75, 3.05) is 0 Å². The number of rotatable bonds is 6. The van der Waals surface area contributed by atoms with Crippen molar-refractivity contribution in [1.82, 2.24) is 19.5 Å². The molecule has 4 heteroatoms. The van der Waals surface area contributed by atoms with Crippen molar-refractivity contribution in [2.45, 2.75) is 0 Å². The van der Waals surface area contributed by atoms with Crippen molar-refractivity contribution >= 4 is 54.1 Å². The fourth-order valence-electron chi connectivity index (χ4n) is 9.12. The highest BCUT2D eigenvalue weighted by Gasteiger charge is 2.17. The standard InChI is InChI=1S/C57H36N4/c1-3-15-37(16-4-1)55-58-56(38-17-5-2-6-18-38)60-57(59-55)43-21-14-22-44(34-43)61-53-28-12-11-27-50(53)52-36-42(30-32-54(52)61)40-20-13-19-39(33-40)41-29-31-49-47-25-8-7-23-45(47)46-24-9-10-26-48(46)51(49)35-41/h1-36H. The van der Waals surface area contributed by atoms with E-state index in [0.717, 1.165) is 33.4 Å². The lowest BCUT2D eigenvalue weighted by molar-refractivity contribution is 1.07. The van der Waals surface area contributed by atoms with Gasteiger partial charge in [-0.1, -0.05) is 176 Å². The number of nitrogens with zero attached hydrogens (tertiary/aromatic N) is 4. The molecule has 12 aromatic rings. The fraction of sp³-hybridized carbons (Fsp3) is 0. The SMILES string of the molecule is c1ccc(-c2nc(-c3ccccc3)nc(-c3cccc(-n4c5ccccc5c5cc(-c6cccc(-c7ccc8c9ccccc9c9ccccc9c8c7)c6)ccc54)c3)n2)cc1. The highest BCUT2D eigenvalue weighted by atomic mass is 15.0. The van der Waals surface area contributed by atoms with Crippen LogP contribution in [-0.2, 0) is 0 Å². The van der Waals surface area contributed by atoms with E-state index in [0.29, 0.717) is 17.5 Å². The molecule has 0 aliphatic carbocycles. The first-order valence-corrected chi connectivity index (χ1v) is 20.7. The normalized spacial score (nSPS) is 11.6. The predicted octanol–water partition coefficient (Wildman–Crippen LogP) is 14.8. The molecule has 0 N–H and O–H groups in total. The van der Waals surface area contributed by atoms with Crippen LogP contribution in [0.3, 0.4) is 0 Å². The van der Waals surface area contributed by atoms with E-state index in [1.807, 2.05) is 60.7 Å². The number of hydrogen-bond acceptors (Lipinski definition) is 3. The van der Waals surface area contributed by atoms with Gasteiger partial charge in [0.25, 0.3) is 0 Å². The van der Waals surface area contributed by atoms with Crippen LogP contribution in [0, 0.1) is 0 Å². The van der Waals surface area contributed by atoms with Gasteiger partial charge in [0.15, 0.2) is 17.5 Å². The monoisotopic (exact) mass is 776 g/mol. The lowest BCUT2D eigenvalue weighted by Gasteiger charge is -2.13. The zero-order chi connectivity index (χ0) is 40.3. The van der Waals surface area contributed by atoms with Gasteiger partial charge >= 0.3 is 0 Å². The Morgan fingerprint density at radius 3 is 1.26 bits per heavy atom. The minimum atomic E-state index is 0.630. The van der Waals surface area contributed by atoms with E-state index < -0.39 is 0 Å². The van der Waals surface area contributed by atoms with E-state index in [1.165, 1.54) is 65.3 Å². The molecule has 61 heavy (non-hydrogen) atoms. The second-order valence-corrected chi connectivity index (χ2v) is 15.6.